The van der Waals surface area contributed by atoms with Crippen molar-refractivity contribution in [1.82, 2.24) is 10.2 Å². The minimum atomic E-state index is -4.88. The average molecular weight is 345 g/mol. The Morgan fingerprint density at radius 1 is 1.18 bits per heavy atom. The topological polar surface area (TPSA) is 24.5 Å². The lowest BCUT2D eigenvalue weighted by atomic mass is 10.0. The Bertz CT molecular complexity index is 506. The molecule has 1 aromatic carbocycles. The van der Waals surface area contributed by atoms with Crippen LogP contribution in [0.3, 0.4) is 0 Å². The summed E-state index contributed by atoms with van der Waals surface area (Å²) >= 11 is 5.72. The first kappa shape index (κ1) is 17.2. The zero-order chi connectivity index (χ0) is 16.3. The summed E-state index contributed by atoms with van der Waals surface area (Å²) in [5.74, 6) is -0.605. The van der Waals surface area contributed by atoms with Gasteiger partial charge in [0.25, 0.3) is 6.43 Å². The maximum atomic E-state index is 13.4. The van der Waals surface area contributed by atoms with E-state index in [-0.39, 0.29) is 10.6 Å². The number of alkyl halides is 5. The maximum absolute atomic E-state index is 13.4. The van der Waals surface area contributed by atoms with Gasteiger partial charge in [-0.15, -0.1) is 13.2 Å². The van der Waals surface area contributed by atoms with Crippen LogP contribution in [0, 0.1) is 0 Å². The second-order valence-electron chi connectivity index (χ2n) is 4.80. The van der Waals surface area contributed by atoms with Crippen molar-refractivity contribution < 1.29 is 26.7 Å². The van der Waals surface area contributed by atoms with E-state index in [0.29, 0.717) is 26.2 Å². The highest BCUT2D eigenvalue weighted by Crippen LogP contribution is 2.35. The Morgan fingerprint density at radius 2 is 1.82 bits per heavy atom. The van der Waals surface area contributed by atoms with Gasteiger partial charge < -0.3 is 10.1 Å². The molecule has 1 fully saturated rings. The molecule has 9 heteroatoms. The van der Waals surface area contributed by atoms with E-state index in [1.165, 1.54) is 6.07 Å². The van der Waals surface area contributed by atoms with E-state index in [1.54, 1.807) is 4.90 Å². The zero-order valence-corrected chi connectivity index (χ0v) is 12.1. The number of hydrogen-bond acceptors (Lipinski definition) is 3. The van der Waals surface area contributed by atoms with Gasteiger partial charge in [-0.2, -0.15) is 0 Å². The molecule has 22 heavy (non-hydrogen) atoms. The van der Waals surface area contributed by atoms with Crippen LogP contribution in [0.4, 0.5) is 22.0 Å². The summed E-state index contributed by atoms with van der Waals surface area (Å²) in [5.41, 5.74) is 0.163. The third-order valence-electron chi connectivity index (χ3n) is 3.31. The molecule has 0 spiro atoms. The molecule has 1 aliphatic rings. The van der Waals surface area contributed by atoms with Gasteiger partial charge in [-0.05, 0) is 17.7 Å². The first-order valence-corrected chi connectivity index (χ1v) is 6.94. The van der Waals surface area contributed by atoms with Crippen LogP contribution in [-0.4, -0.2) is 43.9 Å². The highest BCUT2D eigenvalue weighted by Gasteiger charge is 2.33. The third kappa shape index (κ3) is 4.44. The summed E-state index contributed by atoms with van der Waals surface area (Å²) in [6, 6.07) is 2.04. The Kier molecular flexibility index (Phi) is 5.46. The maximum Gasteiger partial charge on any atom is 0.573 e. The van der Waals surface area contributed by atoms with Gasteiger partial charge in [0.15, 0.2) is 0 Å². The van der Waals surface area contributed by atoms with Crippen molar-refractivity contribution in [2.45, 2.75) is 18.8 Å². The SMILES string of the molecule is FC(F)[C@@H](c1ccc(OC(F)(F)F)c(Cl)c1)N1CCNCC1. The van der Waals surface area contributed by atoms with Gasteiger partial charge in [0, 0.05) is 26.2 Å². The first-order chi connectivity index (χ1) is 10.3. The molecule has 1 saturated heterocycles. The molecule has 2 rings (SSSR count). The van der Waals surface area contributed by atoms with Crippen molar-refractivity contribution in [2.24, 2.45) is 0 Å². The molecule has 1 aromatic rings. The van der Waals surface area contributed by atoms with Gasteiger partial charge in [0.05, 0.1) is 11.1 Å². The Hall–Kier alpha value is -1.12. The molecule has 124 valence electrons. The van der Waals surface area contributed by atoms with E-state index in [1.807, 2.05) is 0 Å². The number of halogens is 6. The van der Waals surface area contributed by atoms with Crippen LogP contribution >= 0.6 is 11.6 Å². The highest BCUT2D eigenvalue weighted by atomic mass is 35.5. The van der Waals surface area contributed by atoms with Crippen LogP contribution in [0.5, 0.6) is 5.75 Å². The lowest BCUT2D eigenvalue weighted by Crippen LogP contribution is -2.46. The van der Waals surface area contributed by atoms with Crippen molar-refractivity contribution in [2.75, 3.05) is 26.2 Å². The molecule has 0 unspecified atom stereocenters. The van der Waals surface area contributed by atoms with E-state index >= 15 is 0 Å². The van der Waals surface area contributed by atoms with Gasteiger partial charge in [-0.25, -0.2) is 8.78 Å². The second-order valence-corrected chi connectivity index (χ2v) is 5.21. The van der Waals surface area contributed by atoms with Gasteiger partial charge in [-0.3, -0.25) is 4.90 Å². The van der Waals surface area contributed by atoms with Gasteiger partial charge >= 0.3 is 6.36 Å². The number of rotatable bonds is 4. The number of piperazine rings is 1. The molecule has 0 bridgehead atoms. The van der Waals surface area contributed by atoms with E-state index in [2.05, 4.69) is 10.1 Å². The molecule has 0 radical (unpaired) electrons. The molecule has 1 atom stereocenters. The molecular weight excluding hydrogens is 331 g/mol. The quantitative estimate of drug-likeness (QED) is 0.847. The fourth-order valence-electron chi connectivity index (χ4n) is 2.38. The molecule has 0 aliphatic carbocycles. The summed E-state index contributed by atoms with van der Waals surface area (Å²) in [7, 11) is 0. The van der Waals surface area contributed by atoms with E-state index < -0.39 is 24.6 Å². The normalized spacial score (nSPS) is 18.5. The van der Waals surface area contributed by atoms with Crippen molar-refractivity contribution in [3.63, 3.8) is 0 Å². The molecule has 1 N–H and O–H groups in total. The predicted molar refractivity (Wildman–Crippen MR) is 71.3 cm³/mol. The van der Waals surface area contributed by atoms with Crippen molar-refractivity contribution >= 4 is 11.6 Å². The molecule has 0 amide bonds. The Labute approximate surface area is 129 Å². The van der Waals surface area contributed by atoms with Crippen LogP contribution in [-0.2, 0) is 0 Å². The average Bonchev–Trinajstić information content (AvgIpc) is 2.41. The number of hydrogen-bond donors (Lipinski definition) is 1. The zero-order valence-electron chi connectivity index (χ0n) is 11.3. The predicted octanol–water partition coefficient (Wildman–Crippen LogP) is 3.45. The molecule has 0 saturated carbocycles. The highest BCUT2D eigenvalue weighted by molar-refractivity contribution is 6.32. The van der Waals surface area contributed by atoms with Gasteiger partial charge in [0.1, 0.15) is 5.75 Å². The summed E-state index contributed by atoms with van der Waals surface area (Å²) in [4.78, 5) is 1.58. The largest absolute Gasteiger partial charge is 0.573 e. The molecule has 1 heterocycles. The molecule has 1 aliphatic heterocycles. The Morgan fingerprint density at radius 3 is 2.32 bits per heavy atom. The third-order valence-corrected chi connectivity index (χ3v) is 3.60. The van der Waals surface area contributed by atoms with Crippen LogP contribution < -0.4 is 10.1 Å². The van der Waals surface area contributed by atoms with Crippen LogP contribution in [0.2, 0.25) is 5.02 Å². The molecule has 0 aromatic heterocycles. The smallest absolute Gasteiger partial charge is 0.404 e. The minimum Gasteiger partial charge on any atom is -0.404 e. The monoisotopic (exact) mass is 344 g/mol. The molecule has 3 nitrogen and oxygen atoms in total. The van der Waals surface area contributed by atoms with E-state index in [4.69, 9.17) is 11.6 Å². The van der Waals surface area contributed by atoms with Crippen molar-refractivity contribution in [3.05, 3.63) is 28.8 Å². The van der Waals surface area contributed by atoms with Crippen LogP contribution in [0.15, 0.2) is 18.2 Å². The summed E-state index contributed by atoms with van der Waals surface area (Å²) in [5, 5.41) is 2.70. The van der Waals surface area contributed by atoms with Crippen molar-refractivity contribution in [3.8, 4) is 5.75 Å². The van der Waals surface area contributed by atoms with E-state index in [0.717, 1.165) is 12.1 Å². The fraction of sp³-hybridized carbons (Fsp3) is 0.538. The first-order valence-electron chi connectivity index (χ1n) is 6.56. The fourth-order valence-corrected chi connectivity index (χ4v) is 2.61. The summed E-state index contributed by atoms with van der Waals surface area (Å²) in [6.45, 7) is 2.00. The van der Waals surface area contributed by atoms with E-state index in [9.17, 15) is 22.0 Å². The van der Waals surface area contributed by atoms with Crippen LogP contribution in [0.1, 0.15) is 11.6 Å². The summed E-state index contributed by atoms with van der Waals surface area (Å²) < 4.78 is 67.0. The number of benzene rings is 1. The molecular formula is C13H14ClF5N2O. The van der Waals surface area contributed by atoms with Gasteiger partial charge in [0.2, 0.25) is 0 Å². The second kappa shape index (κ2) is 6.97. The number of nitrogens with zero attached hydrogens (tertiary/aromatic N) is 1. The van der Waals surface area contributed by atoms with Crippen LogP contribution in [0.25, 0.3) is 0 Å². The lowest BCUT2D eigenvalue weighted by molar-refractivity contribution is -0.274. The van der Waals surface area contributed by atoms with Crippen molar-refractivity contribution in [1.29, 1.82) is 0 Å². The summed E-state index contributed by atoms with van der Waals surface area (Å²) in [6.07, 6.45) is -7.56. The lowest BCUT2D eigenvalue weighted by Gasteiger charge is -2.34. The number of ether oxygens (including phenoxy) is 1. The van der Waals surface area contributed by atoms with Gasteiger partial charge in [-0.1, -0.05) is 17.7 Å². The Balaban J connectivity index is 2.23. The number of nitrogens with one attached hydrogen (secondary N) is 1. The standard InChI is InChI=1S/C13H14ClF5N2O/c14-9-7-8(1-2-10(9)22-13(17,18)19)11(12(15)16)21-5-3-20-4-6-21/h1-2,7,11-12,20H,3-6H2/t11-/m1/s1. The minimum absolute atomic E-state index is 0.163.